The van der Waals surface area contributed by atoms with Gasteiger partial charge in [-0.3, -0.25) is 5.32 Å². The van der Waals surface area contributed by atoms with Crippen LogP contribution in [0.3, 0.4) is 0 Å². The Morgan fingerprint density at radius 3 is 2.52 bits per heavy atom. The minimum Gasteiger partial charge on any atom is -0.453 e. The van der Waals surface area contributed by atoms with Crippen LogP contribution < -0.4 is 10.2 Å². The molecule has 42 heavy (non-hydrogen) atoms. The average Bonchev–Trinajstić information content (AvgIpc) is 3.39. The van der Waals surface area contributed by atoms with Gasteiger partial charge in [-0.05, 0) is 87.7 Å². The number of halogens is 1. The lowest BCUT2D eigenvalue weighted by Crippen LogP contribution is -2.25. The SMILES string of the molecule is CN(C)CCCN1c2ccccc2Sc2ccc(Cl)cc21.COC(=O)Nc1nc2ccc(Sc3ccccc3)cc2[nH]1. The molecule has 0 spiro atoms. The van der Waals surface area contributed by atoms with Crippen molar-refractivity contribution in [2.45, 2.75) is 26.0 Å². The minimum atomic E-state index is -0.548. The topological polar surface area (TPSA) is 73.5 Å². The van der Waals surface area contributed by atoms with Crippen LogP contribution in [0.5, 0.6) is 0 Å². The van der Waals surface area contributed by atoms with Gasteiger partial charge in [-0.15, -0.1) is 0 Å². The van der Waals surface area contributed by atoms with Crippen molar-refractivity contribution < 1.29 is 9.53 Å². The van der Waals surface area contributed by atoms with Crippen molar-refractivity contribution in [3.8, 4) is 0 Å². The van der Waals surface area contributed by atoms with E-state index in [1.807, 2.05) is 54.2 Å². The van der Waals surface area contributed by atoms with Crippen LogP contribution in [0.1, 0.15) is 6.42 Å². The van der Waals surface area contributed by atoms with Gasteiger partial charge in [-0.2, -0.15) is 0 Å². The summed E-state index contributed by atoms with van der Waals surface area (Å²) in [5.74, 6) is 0.374. The quantitative estimate of drug-likeness (QED) is 0.189. The summed E-state index contributed by atoms with van der Waals surface area (Å²) < 4.78 is 4.54. The number of aromatic amines is 1. The van der Waals surface area contributed by atoms with E-state index in [2.05, 4.69) is 92.4 Å². The highest BCUT2D eigenvalue weighted by Crippen LogP contribution is 2.48. The fourth-order valence-electron chi connectivity index (χ4n) is 4.47. The van der Waals surface area contributed by atoms with E-state index in [9.17, 15) is 4.79 Å². The Hall–Kier alpha value is -3.63. The number of carbonyl (C=O) groups is 1. The van der Waals surface area contributed by atoms with Crippen LogP contribution in [0.4, 0.5) is 22.1 Å². The number of fused-ring (bicyclic) bond motifs is 3. The van der Waals surface area contributed by atoms with Crippen molar-refractivity contribution in [3.63, 3.8) is 0 Å². The number of para-hydroxylation sites is 1. The number of nitrogens with one attached hydrogen (secondary N) is 2. The van der Waals surface area contributed by atoms with Crippen LogP contribution in [0.15, 0.2) is 111 Å². The Morgan fingerprint density at radius 2 is 1.74 bits per heavy atom. The highest BCUT2D eigenvalue weighted by atomic mass is 35.5. The first-order valence-corrected chi connectivity index (χ1v) is 15.5. The predicted octanol–water partition coefficient (Wildman–Crippen LogP) is 8.79. The van der Waals surface area contributed by atoms with Crippen molar-refractivity contribution >= 4 is 69.6 Å². The number of benzene rings is 4. The van der Waals surface area contributed by atoms with Crippen molar-refractivity contribution in [1.82, 2.24) is 14.9 Å². The average molecular weight is 618 g/mol. The van der Waals surface area contributed by atoms with E-state index in [1.165, 1.54) is 33.2 Å². The lowest BCUT2D eigenvalue weighted by molar-refractivity contribution is 0.186. The first-order chi connectivity index (χ1) is 20.4. The van der Waals surface area contributed by atoms with Gasteiger partial charge in [-0.1, -0.05) is 65.5 Å². The molecule has 0 atom stereocenters. The lowest BCUT2D eigenvalue weighted by Gasteiger charge is -2.33. The zero-order chi connectivity index (χ0) is 29.5. The van der Waals surface area contributed by atoms with Gasteiger partial charge in [0, 0.05) is 31.1 Å². The normalized spacial score (nSPS) is 11.9. The summed E-state index contributed by atoms with van der Waals surface area (Å²) in [5.41, 5.74) is 4.17. The molecule has 2 heterocycles. The molecule has 0 fully saturated rings. The number of nitrogens with zero attached hydrogens (tertiary/aromatic N) is 3. The van der Waals surface area contributed by atoms with Gasteiger partial charge < -0.3 is 19.5 Å². The standard InChI is InChI=1S/C17H19ClN2S.C15H13N3O2S/c1-19(2)10-5-11-20-14-6-3-4-7-16(14)21-17-9-8-13(18)12-15(17)20;1-20-15(19)18-14-16-12-8-7-11(9-13(12)17-14)21-10-5-3-2-4-6-10/h3-4,6-9,12H,5,10-11H2,1-2H3;2-9H,1H3,(H2,16,17,18,19). The van der Waals surface area contributed by atoms with Crippen LogP contribution in [0.25, 0.3) is 11.0 Å². The monoisotopic (exact) mass is 617 g/mol. The van der Waals surface area contributed by atoms with Gasteiger partial charge in [0.25, 0.3) is 0 Å². The molecule has 0 unspecified atom stereocenters. The van der Waals surface area contributed by atoms with Crippen molar-refractivity contribution in [1.29, 1.82) is 0 Å². The van der Waals surface area contributed by atoms with Crippen LogP contribution in [0, 0.1) is 0 Å². The molecule has 6 rings (SSSR count). The summed E-state index contributed by atoms with van der Waals surface area (Å²) in [6.07, 6.45) is 0.575. The fraction of sp³-hybridized carbons (Fsp3) is 0.188. The van der Waals surface area contributed by atoms with E-state index < -0.39 is 6.09 Å². The van der Waals surface area contributed by atoms with Crippen LogP contribution in [0.2, 0.25) is 5.02 Å². The second kappa shape index (κ2) is 14.0. The van der Waals surface area contributed by atoms with Crippen LogP contribution in [-0.4, -0.2) is 55.3 Å². The number of hydrogen-bond donors (Lipinski definition) is 2. The minimum absolute atomic E-state index is 0.374. The number of carbonyl (C=O) groups excluding carboxylic acids is 1. The molecular weight excluding hydrogens is 586 g/mol. The Kier molecular flexibility index (Phi) is 9.97. The fourth-order valence-corrected chi connectivity index (χ4v) is 6.59. The zero-order valence-corrected chi connectivity index (χ0v) is 26.0. The number of methoxy groups -OCH3 is 1. The van der Waals surface area contributed by atoms with E-state index in [-0.39, 0.29) is 0 Å². The van der Waals surface area contributed by atoms with Gasteiger partial charge >= 0.3 is 6.09 Å². The second-order valence-corrected chi connectivity index (χ2v) is 12.5. The molecular formula is C32H32ClN5O2S2. The molecule has 10 heteroatoms. The van der Waals surface area contributed by atoms with Crippen molar-refractivity contribution in [2.75, 3.05) is 44.5 Å². The predicted molar refractivity (Wildman–Crippen MR) is 175 cm³/mol. The number of ether oxygens (including phenoxy) is 1. The molecule has 0 aliphatic carbocycles. The van der Waals surface area contributed by atoms with E-state index in [1.54, 1.807) is 11.8 Å². The molecule has 7 nitrogen and oxygen atoms in total. The van der Waals surface area contributed by atoms with Crippen LogP contribution >= 0.6 is 35.1 Å². The summed E-state index contributed by atoms with van der Waals surface area (Å²) in [4.78, 5) is 28.0. The number of amides is 1. The maximum absolute atomic E-state index is 11.2. The molecule has 1 aromatic heterocycles. The Morgan fingerprint density at radius 1 is 0.976 bits per heavy atom. The summed E-state index contributed by atoms with van der Waals surface area (Å²) >= 11 is 9.70. The number of hydrogen-bond acceptors (Lipinski definition) is 7. The number of rotatable bonds is 7. The summed E-state index contributed by atoms with van der Waals surface area (Å²) in [6.45, 7) is 2.09. The number of H-pyrrole nitrogens is 1. The molecule has 0 bridgehead atoms. The smallest absolute Gasteiger partial charge is 0.413 e. The second-order valence-electron chi connectivity index (χ2n) is 9.79. The van der Waals surface area contributed by atoms with Gasteiger partial charge in [0.15, 0.2) is 0 Å². The molecule has 216 valence electrons. The first-order valence-electron chi connectivity index (χ1n) is 13.5. The molecule has 5 aromatic rings. The third-order valence-corrected chi connectivity index (χ3v) is 8.78. The zero-order valence-electron chi connectivity index (χ0n) is 23.6. The van der Waals surface area contributed by atoms with E-state index >= 15 is 0 Å². The largest absolute Gasteiger partial charge is 0.453 e. The maximum Gasteiger partial charge on any atom is 0.413 e. The maximum atomic E-state index is 11.2. The highest BCUT2D eigenvalue weighted by molar-refractivity contribution is 7.99. The van der Waals surface area contributed by atoms with Gasteiger partial charge in [-0.25, -0.2) is 9.78 Å². The van der Waals surface area contributed by atoms with E-state index in [0.29, 0.717) is 5.95 Å². The Bertz CT molecular complexity index is 1660. The molecule has 0 saturated heterocycles. The Labute approximate surface area is 259 Å². The number of aromatic nitrogens is 2. The molecule has 1 aliphatic rings. The lowest BCUT2D eigenvalue weighted by atomic mass is 10.2. The van der Waals surface area contributed by atoms with Crippen molar-refractivity contribution in [2.24, 2.45) is 0 Å². The van der Waals surface area contributed by atoms with E-state index in [0.717, 1.165) is 40.5 Å². The molecule has 2 N–H and O–H groups in total. The Balaban J connectivity index is 0.000000168. The first kappa shape index (κ1) is 29.8. The molecule has 0 saturated carbocycles. The van der Waals surface area contributed by atoms with E-state index in [4.69, 9.17) is 11.6 Å². The third-order valence-electron chi connectivity index (χ3n) is 6.41. The van der Waals surface area contributed by atoms with Gasteiger partial charge in [0.2, 0.25) is 5.95 Å². The third kappa shape index (κ3) is 7.60. The molecule has 1 amide bonds. The summed E-state index contributed by atoms with van der Waals surface area (Å²) in [7, 11) is 5.54. The van der Waals surface area contributed by atoms with Gasteiger partial charge in [0.1, 0.15) is 0 Å². The van der Waals surface area contributed by atoms with Crippen LogP contribution in [-0.2, 0) is 4.74 Å². The summed E-state index contributed by atoms with van der Waals surface area (Å²) in [5, 5.41) is 3.31. The molecule has 1 aliphatic heterocycles. The van der Waals surface area contributed by atoms with Crippen molar-refractivity contribution in [3.05, 3.63) is 96.0 Å². The highest BCUT2D eigenvalue weighted by Gasteiger charge is 2.23. The number of anilines is 3. The van der Waals surface area contributed by atoms with Gasteiger partial charge in [0.05, 0.1) is 29.5 Å². The summed E-state index contributed by atoms with van der Waals surface area (Å²) in [6, 6.07) is 30.8. The molecule has 4 aromatic carbocycles. The number of imidazole rings is 1. The molecule has 0 radical (unpaired) electrons.